The summed E-state index contributed by atoms with van der Waals surface area (Å²) in [7, 11) is 0. The molecule has 3 spiro atoms. The van der Waals surface area contributed by atoms with Crippen LogP contribution in [0.4, 0.5) is 0 Å². The summed E-state index contributed by atoms with van der Waals surface area (Å²) in [4.78, 5) is 0. The van der Waals surface area contributed by atoms with Crippen molar-refractivity contribution in [3.8, 4) is 0 Å². The second-order valence-corrected chi connectivity index (χ2v) is 13.0. The molecule has 0 amide bonds. The molecular formula is C31H44N2+2. The molecule has 0 aliphatic carbocycles. The van der Waals surface area contributed by atoms with E-state index in [2.05, 4.69) is 55.4 Å². The lowest BCUT2D eigenvalue weighted by atomic mass is 9.86. The minimum absolute atomic E-state index is 0.571. The van der Waals surface area contributed by atoms with Crippen LogP contribution in [0.3, 0.4) is 0 Å². The zero-order valence-corrected chi connectivity index (χ0v) is 22.5. The van der Waals surface area contributed by atoms with Crippen LogP contribution in [0.2, 0.25) is 0 Å². The lowest BCUT2D eigenvalue weighted by Crippen LogP contribution is -2.46. The minimum Gasteiger partial charge on any atom is -0.315 e. The van der Waals surface area contributed by atoms with Crippen molar-refractivity contribution < 1.29 is 8.97 Å². The van der Waals surface area contributed by atoms with Crippen LogP contribution in [0.1, 0.15) is 79.6 Å². The zero-order valence-electron chi connectivity index (χ0n) is 22.5. The predicted molar refractivity (Wildman–Crippen MR) is 137 cm³/mol. The van der Waals surface area contributed by atoms with Crippen LogP contribution in [0.25, 0.3) is 0 Å². The minimum atomic E-state index is 0.571. The monoisotopic (exact) mass is 444 g/mol. The molecule has 2 aromatic carbocycles. The van der Waals surface area contributed by atoms with Crippen molar-refractivity contribution in [1.82, 2.24) is 0 Å². The highest BCUT2D eigenvalue weighted by Gasteiger charge is 2.60. The lowest BCUT2D eigenvalue weighted by molar-refractivity contribution is -0.949. The van der Waals surface area contributed by atoms with Crippen LogP contribution in [0.5, 0.6) is 0 Å². The molecule has 0 bridgehead atoms. The van der Waals surface area contributed by atoms with Crippen molar-refractivity contribution in [3.63, 3.8) is 0 Å². The molecule has 2 saturated heterocycles. The highest BCUT2D eigenvalue weighted by atomic mass is 15.4. The molecule has 2 nitrogen and oxygen atoms in total. The van der Waals surface area contributed by atoms with Gasteiger partial charge in [-0.25, -0.2) is 0 Å². The van der Waals surface area contributed by atoms with Gasteiger partial charge >= 0.3 is 0 Å². The van der Waals surface area contributed by atoms with Gasteiger partial charge in [-0.15, -0.1) is 0 Å². The van der Waals surface area contributed by atoms with E-state index in [4.69, 9.17) is 0 Å². The first-order valence-corrected chi connectivity index (χ1v) is 13.4. The fourth-order valence-electron chi connectivity index (χ4n) is 8.81. The standard InChI is InChI=1S/C31H44N2/c1-19-20(2)24(6)28-14-32(13-27(28)23(19)5)11-9-31(17-32)10-12-33(18-31)15-29-25(7)21(3)22(4)26(8)30(29)16-33/h9-18H2,1-8H3/q+2. The van der Waals surface area contributed by atoms with Gasteiger partial charge in [-0.3, -0.25) is 0 Å². The molecular weight excluding hydrogens is 400 g/mol. The third-order valence-corrected chi connectivity index (χ3v) is 11.5. The molecule has 0 unspecified atom stereocenters. The van der Waals surface area contributed by atoms with Crippen LogP contribution in [-0.4, -0.2) is 35.1 Å². The summed E-state index contributed by atoms with van der Waals surface area (Å²) >= 11 is 0. The van der Waals surface area contributed by atoms with E-state index in [1.807, 2.05) is 0 Å². The van der Waals surface area contributed by atoms with Crippen LogP contribution >= 0.6 is 0 Å². The fraction of sp³-hybridized carbons (Fsp3) is 0.613. The molecule has 4 aliphatic rings. The largest absolute Gasteiger partial charge is 0.315 e. The summed E-state index contributed by atoms with van der Waals surface area (Å²) < 4.78 is 2.70. The number of rotatable bonds is 0. The average molecular weight is 445 g/mol. The Balaban J connectivity index is 1.28. The highest BCUT2D eigenvalue weighted by molar-refractivity contribution is 5.51. The number of hydrogen-bond acceptors (Lipinski definition) is 0. The second kappa shape index (κ2) is 6.73. The molecule has 4 heterocycles. The Morgan fingerprint density at radius 3 is 0.970 bits per heavy atom. The van der Waals surface area contributed by atoms with Crippen molar-refractivity contribution in [2.45, 2.75) is 94.4 Å². The summed E-state index contributed by atoms with van der Waals surface area (Å²) in [6.45, 7) is 29.7. The van der Waals surface area contributed by atoms with Crippen molar-refractivity contribution in [1.29, 1.82) is 0 Å². The Labute approximate surface area is 201 Å². The zero-order chi connectivity index (χ0) is 23.5. The third-order valence-electron chi connectivity index (χ3n) is 11.5. The van der Waals surface area contributed by atoms with Gasteiger partial charge in [0, 0.05) is 35.1 Å². The Morgan fingerprint density at radius 1 is 0.424 bits per heavy atom. The third kappa shape index (κ3) is 2.86. The van der Waals surface area contributed by atoms with Crippen LogP contribution in [0.15, 0.2) is 0 Å². The second-order valence-electron chi connectivity index (χ2n) is 13.0. The van der Waals surface area contributed by atoms with Gasteiger partial charge in [0.1, 0.15) is 26.2 Å². The first-order valence-electron chi connectivity index (χ1n) is 13.4. The van der Waals surface area contributed by atoms with Crippen molar-refractivity contribution in [3.05, 3.63) is 66.8 Å². The van der Waals surface area contributed by atoms with Crippen LogP contribution < -0.4 is 0 Å². The van der Waals surface area contributed by atoms with Crippen molar-refractivity contribution >= 4 is 0 Å². The summed E-state index contributed by atoms with van der Waals surface area (Å²) in [6.07, 6.45) is 2.90. The lowest BCUT2D eigenvalue weighted by Gasteiger charge is -2.33. The summed E-state index contributed by atoms with van der Waals surface area (Å²) in [5, 5.41) is 0. The Hall–Kier alpha value is -1.64. The van der Waals surface area contributed by atoms with Gasteiger partial charge in [0.2, 0.25) is 0 Å². The van der Waals surface area contributed by atoms with Gasteiger partial charge in [0.15, 0.2) is 0 Å². The van der Waals surface area contributed by atoms with Gasteiger partial charge in [-0.1, -0.05) is 0 Å². The maximum atomic E-state index is 2.39. The first-order chi connectivity index (χ1) is 15.5. The van der Waals surface area contributed by atoms with Gasteiger partial charge in [-0.2, -0.15) is 0 Å². The Kier molecular flexibility index (Phi) is 4.46. The molecule has 2 fully saturated rings. The molecule has 0 saturated carbocycles. The van der Waals surface area contributed by atoms with E-state index in [1.54, 1.807) is 44.5 Å². The van der Waals surface area contributed by atoms with E-state index in [1.165, 1.54) is 96.4 Å². The van der Waals surface area contributed by atoms with E-state index in [9.17, 15) is 0 Å². The normalized spacial score (nSPS) is 23.3. The van der Waals surface area contributed by atoms with Crippen molar-refractivity contribution in [2.75, 3.05) is 26.2 Å². The molecule has 0 aromatic heterocycles. The van der Waals surface area contributed by atoms with Crippen molar-refractivity contribution in [2.24, 2.45) is 5.41 Å². The predicted octanol–water partition coefficient (Wildman–Crippen LogP) is 6.31. The number of benzene rings is 2. The maximum absolute atomic E-state index is 2.39. The molecule has 0 radical (unpaired) electrons. The molecule has 0 atom stereocenters. The smallest absolute Gasteiger partial charge is 0.105 e. The molecule has 4 aliphatic heterocycles. The summed E-state index contributed by atoms with van der Waals surface area (Å²) in [6, 6.07) is 0. The maximum Gasteiger partial charge on any atom is 0.105 e. The highest BCUT2D eigenvalue weighted by Crippen LogP contribution is 2.53. The number of fused-ring (bicyclic) bond motifs is 2. The van der Waals surface area contributed by atoms with E-state index >= 15 is 0 Å². The molecule has 33 heavy (non-hydrogen) atoms. The van der Waals surface area contributed by atoms with E-state index in [-0.39, 0.29) is 0 Å². The number of nitrogens with zero attached hydrogens (tertiary/aromatic N) is 2. The topological polar surface area (TPSA) is 0 Å². The Morgan fingerprint density at radius 2 is 0.697 bits per heavy atom. The summed E-state index contributed by atoms with van der Waals surface area (Å²) in [5.41, 5.74) is 19.9. The molecule has 176 valence electrons. The Bertz CT molecular complexity index is 1050. The average Bonchev–Trinajstić information content (AvgIpc) is 3.54. The quantitative estimate of drug-likeness (QED) is 0.418. The molecule has 2 aromatic rings. The SMILES string of the molecule is Cc1c(C)c(C)c2c(c1C)C[N+]1(CCC3(CC[N+]4(Cc5c(C)c(C)c(C)c(C)c5C4)C3)C1)C2. The number of hydrogen-bond donors (Lipinski definition) is 0. The molecule has 0 N–H and O–H groups in total. The van der Waals surface area contributed by atoms with E-state index < -0.39 is 0 Å². The van der Waals surface area contributed by atoms with Gasteiger partial charge < -0.3 is 8.97 Å². The summed E-state index contributed by atoms with van der Waals surface area (Å²) in [5.74, 6) is 0. The number of quaternary nitrogens is 2. The van der Waals surface area contributed by atoms with Gasteiger partial charge in [0.25, 0.3) is 0 Å². The van der Waals surface area contributed by atoms with E-state index in [0.29, 0.717) is 5.41 Å². The van der Waals surface area contributed by atoms with Gasteiger partial charge in [-0.05, 0) is 99.9 Å². The van der Waals surface area contributed by atoms with Gasteiger partial charge in [0.05, 0.1) is 31.6 Å². The van der Waals surface area contributed by atoms with Crippen LogP contribution in [-0.2, 0) is 26.2 Å². The molecule has 2 heteroatoms. The molecule has 6 rings (SSSR count). The first kappa shape index (κ1) is 21.9. The van der Waals surface area contributed by atoms with Crippen LogP contribution in [0, 0.1) is 60.8 Å². The van der Waals surface area contributed by atoms with E-state index in [0.717, 1.165) is 0 Å². The fourth-order valence-corrected chi connectivity index (χ4v) is 8.81.